The molecule has 0 saturated carbocycles. The van der Waals surface area contributed by atoms with E-state index in [0.29, 0.717) is 18.5 Å². The first-order chi connectivity index (χ1) is 9.01. The lowest BCUT2D eigenvalue weighted by atomic mass is 9.99. The summed E-state index contributed by atoms with van der Waals surface area (Å²) in [7, 11) is 3.02. The molecule has 5 N–H and O–H groups in total. The standard InChI is InChI=1S/C13H20N2O4/c1-15-6-5-11(16)12(17)8-3-4-10(14)9(7-8)13(18)19-2/h3-4,7,11-12,15-17H,5-6,14H2,1-2H3. The van der Waals surface area contributed by atoms with E-state index in [2.05, 4.69) is 10.1 Å². The molecule has 6 heteroatoms. The minimum atomic E-state index is -1.07. The van der Waals surface area contributed by atoms with E-state index in [4.69, 9.17) is 5.73 Å². The summed E-state index contributed by atoms with van der Waals surface area (Å²) in [6.07, 6.45) is -1.59. The highest BCUT2D eigenvalue weighted by Gasteiger charge is 2.20. The third kappa shape index (κ3) is 3.92. The van der Waals surface area contributed by atoms with Crippen molar-refractivity contribution in [3.05, 3.63) is 29.3 Å². The van der Waals surface area contributed by atoms with Gasteiger partial charge in [-0.05, 0) is 37.7 Å². The summed E-state index contributed by atoms with van der Waals surface area (Å²) < 4.78 is 4.60. The van der Waals surface area contributed by atoms with Gasteiger partial charge in [-0.15, -0.1) is 0 Å². The van der Waals surface area contributed by atoms with Gasteiger partial charge < -0.3 is 26.0 Å². The Morgan fingerprint density at radius 3 is 2.74 bits per heavy atom. The third-order valence-corrected chi connectivity index (χ3v) is 2.88. The van der Waals surface area contributed by atoms with E-state index >= 15 is 0 Å². The van der Waals surface area contributed by atoms with E-state index in [1.807, 2.05) is 0 Å². The van der Waals surface area contributed by atoms with Crippen LogP contribution < -0.4 is 11.1 Å². The number of ether oxygens (including phenoxy) is 1. The number of aliphatic hydroxyl groups excluding tert-OH is 2. The van der Waals surface area contributed by atoms with E-state index in [0.717, 1.165) is 0 Å². The monoisotopic (exact) mass is 268 g/mol. The topological polar surface area (TPSA) is 105 Å². The fourth-order valence-corrected chi connectivity index (χ4v) is 1.72. The highest BCUT2D eigenvalue weighted by Crippen LogP contribution is 2.23. The molecule has 2 atom stereocenters. The van der Waals surface area contributed by atoms with E-state index in [9.17, 15) is 15.0 Å². The maximum atomic E-state index is 11.5. The maximum absolute atomic E-state index is 11.5. The Balaban J connectivity index is 2.92. The van der Waals surface area contributed by atoms with Gasteiger partial charge in [-0.3, -0.25) is 0 Å². The van der Waals surface area contributed by atoms with E-state index < -0.39 is 18.2 Å². The molecule has 19 heavy (non-hydrogen) atoms. The zero-order valence-electron chi connectivity index (χ0n) is 11.1. The second-order valence-electron chi connectivity index (χ2n) is 4.24. The Hall–Kier alpha value is -1.63. The van der Waals surface area contributed by atoms with Crippen LogP contribution in [0.4, 0.5) is 5.69 Å². The van der Waals surface area contributed by atoms with Crippen molar-refractivity contribution in [3.63, 3.8) is 0 Å². The fourth-order valence-electron chi connectivity index (χ4n) is 1.72. The average Bonchev–Trinajstić information content (AvgIpc) is 2.43. The van der Waals surface area contributed by atoms with Crippen molar-refractivity contribution in [1.82, 2.24) is 5.32 Å². The molecule has 0 fully saturated rings. The lowest BCUT2D eigenvalue weighted by molar-refractivity contribution is 0.0139. The number of benzene rings is 1. The molecule has 0 amide bonds. The fraction of sp³-hybridized carbons (Fsp3) is 0.462. The molecule has 0 aliphatic rings. The number of hydrogen-bond donors (Lipinski definition) is 4. The van der Waals surface area contributed by atoms with Crippen LogP contribution in [0.3, 0.4) is 0 Å². The number of aliphatic hydroxyl groups is 2. The van der Waals surface area contributed by atoms with Gasteiger partial charge in [0.05, 0.1) is 18.8 Å². The van der Waals surface area contributed by atoms with Gasteiger partial charge in [-0.2, -0.15) is 0 Å². The van der Waals surface area contributed by atoms with Gasteiger partial charge >= 0.3 is 5.97 Å². The second-order valence-corrected chi connectivity index (χ2v) is 4.24. The Labute approximate surface area is 112 Å². The number of nitrogen functional groups attached to an aromatic ring is 1. The maximum Gasteiger partial charge on any atom is 0.339 e. The normalized spacial score (nSPS) is 13.9. The van der Waals surface area contributed by atoms with Crippen LogP contribution in [0, 0.1) is 0 Å². The lowest BCUT2D eigenvalue weighted by Gasteiger charge is -2.19. The molecular weight excluding hydrogens is 248 g/mol. The minimum absolute atomic E-state index is 0.180. The van der Waals surface area contributed by atoms with Crippen molar-refractivity contribution in [3.8, 4) is 0 Å². The Bertz CT molecular complexity index is 437. The summed E-state index contributed by atoms with van der Waals surface area (Å²) in [6, 6.07) is 4.53. The van der Waals surface area contributed by atoms with Gasteiger partial charge in [0.25, 0.3) is 0 Å². The number of carbonyl (C=O) groups excluding carboxylic acids is 1. The first kappa shape index (κ1) is 15.4. The van der Waals surface area contributed by atoms with Crippen molar-refractivity contribution < 1.29 is 19.7 Å². The Kier molecular flexibility index (Phi) is 5.75. The number of methoxy groups -OCH3 is 1. The number of carbonyl (C=O) groups is 1. The van der Waals surface area contributed by atoms with Crippen molar-refractivity contribution in [2.24, 2.45) is 0 Å². The molecule has 0 aliphatic carbocycles. The zero-order valence-corrected chi connectivity index (χ0v) is 11.1. The summed E-state index contributed by atoms with van der Waals surface area (Å²) >= 11 is 0. The molecule has 1 aromatic carbocycles. The number of esters is 1. The van der Waals surface area contributed by atoms with E-state index in [-0.39, 0.29) is 11.3 Å². The van der Waals surface area contributed by atoms with Crippen LogP contribution in [0.1, 0.15) is 28.4 Å². The van der Waals surface area contributed by atoms with Crippen LogP contribution in [0.2, 0.25) is 0 Å². The molecule has 0 saturated heterocycles. The average molecular weight is 268 g/mol. The highest BCUT2D eigenvalue weighted by atomic mass is 16.5. The van der Waals surface area contributed by atoms with Crippen molar-refractivity contribution in [2.75, 3.05) is 26.4 Å². The number of anilines is 1. The van der Waals surface area contributed by atoms with Gasteiger partial charge in [0.2, 0.25) is 0 Å². The molecule has 1 rings (SSSR count). The van der Waals surface area contributed by atoms with Crippen LogP contribution >= 0.6 is 0 Å². The number of hydrogen-bond acceptors (Lipinski definition) is 6. The summed E-state index contributed by atoms with van der Waals surface area (Å²) in [5.74, 6) is -0.573. The molecule has 2 unspecified atom stereocenters. The Morgan fingerprint density at radius 2 is 2.16 bits per heavy atom. The van der Waals surface area contributed by atoms with Gasteiger partial charge in [0.1, 0.15) is 6.10 Å². The molecule has 6 nitrogen and oxygen atoms in total. The predicted molar refractivity (Wildman–Crippen MR) is 71.7 cm³/mol. The quantitative estimate of drug-likeness (QED) is 0.429. The molecule has 0 spiro atoms. The zero-order chi connectivity index (χ0) is 14.4. The SMILES string of the molecule is CNCCC(O)C(O)c1ccc(N)c(C(=O)OC)c1. The lowest BCUT2D eigenvalue weighted by Crippen LogP contribution is -2.23. The van der Waals surface area contributed by atoms with Crippen LogP contribution in [-0.4, -0.2) is 43.0 Å². The summed E-state index contributed by atoms with van der Waals surface area (Å²) in [4.78, 5) is 11.5. The highest BCUT2D eigenvalue weighted by molar-refractivity contribution is 5.95. The number of nitrogens with two attached hydrogens (primary N) is 1. The molecule has 1 aromatic rings. The second kappa shape index (κ2) is 7.08. The van der Waals surface area contributed by atoms with Crippen LogP contribution in [-0.2, 0) is 4.74 Å². The molecule has 0 radical (unpaired) electrons. The molecular formula is C13H20N2O4. The number of nitrogens with one attached hydrogen (secondary N) is 1. The molecule has 0 aliphatic heterocycles. The minimum Gasteiger partial charge on any atom is -0.465 e. The van der Waals surface area contributed by atoms with Gasteiger partial charge in [-0.1, -0.05) is 6.07 Å². The molecule has 0 heterocycles. The first-order valence-corrected chi connectivity index (χ1v) is 5.99. The largest absolute Gasteiger partial charge is 0.465 e. The molecule has 0 bridgehead atoms. The van der Waals surface area contributed by atoms with Gasteiger partial charge in [0.15, 0.2) is 0 Å². The summed E-state index contributed by atoms with van der Waals surface area (Å²) in [5.41, 5.74) is 6.55. The molecule has 106 valence electrons. The van der Waals surface area contributed by atoms with Gasteiger partial charge in [-0.25, -0.2) is 4.79 Å². The summed E-state index contributed by atoms with van der Waals surface area (Å²) in [5, 5.41) is 22.7. The van der Waals surface area contributed by atoms with Crippen LogP contribution in [0.15, 0.2) is 18.2 Å². The smallest absolute Gasteiger partial charge is 0.339 e. The number of rotatable bonds is 6. The summed E-state index contributed by atoms with van der Waals surface area (Å²) in [6.45, 7) is 0.580. The molecule has 0 aromatic heterocycles. The predicted octanol–water partition coefficient (Wildman–Crippen LogP) is 0.0592. The van der Waals surface area contributed by atoms with Crippen molar-refractivity contribution in [1.29, 1.82) is 0 Å². The van der Waals surface area contributed by atoms with E-state index in [1.54, 1.807) is 13.1 Å². The van der Waals surface area contributed by atoms with E-state index in [1.165, 1.54) is 19.2 Å². The third-order valence-electron chi connectivity index (χ3n) is 2.88. The van der Waals surface area contributed by atoms with Crippen molar-refractivity contribution in [2.45, 2.75) is 18.6 Å². The Morgan fingerprint density at radius 1 is 1.47 bits per heavy atom. The first-order valence-electron chi connectivity index (χ1n) is 5.99. The van der Waals surface area contributed by atoms with Crippen molar-refractivity contribution >= 4 is 11.7 Å². The van der Waals surface area contributed by atoms with Crippen LogP contribution in [0.25, 0.3) is 0 Å². The van der Waals surface area contributed by atoms with Gasteiger partial charge in [0, 0.05) is 5.69 Å². The van der Waals surface area contributed by atoms with Crippen LogP contribution in [0.5, 0.6) is 0 Å².